The van der Waals surface area contributed by atoms with E-state index in [0.717, 1.165) is 0 Å². The summed E-state index contributed by atoms with van der Waals surface area (Å²) in [5.74, 6) is -0.0000326. The van der Waals surface area contributed by atoms with Gasteiger partial charge in [0, 0.05) is 17.7 Å². The number of amides is 1. The Morgan fingerprint density at radius 3 is 2.59 bits per heavy atom. The minimum atomic E-state index is -0.664. The molecule has 14 heteroatoms. The predicted octanol–water partition coefficient (Wildman–Crippen LogP) is 1.97. The van der Waals surface area contributed by atoms with Gasteiger partial charge >= 0.3 is 0 Å². The molecule has 2 aromatic carbocycles. The number of nitro groups is 1. The Morgan fingerprint density at radius 1 is 1.24 bits per heavy atom. The van der Waals surface area contributed by atoms with Gasteiger partial charge < -0.3 is 10.5 Å². The summed E-state index contributed by atoms with van der Waals surface area (Å²) < 4.78 is 11.3. The Kier molecular flexibility index (Phi) is 6.20. The van der Waals surface area contributed by atoms with Crippen LogP contribution in [0, 0.1) is 10.1 Å². The number of nitrogens with two attached hydrogens (primary N) is 1. The molecule has 2 aromatic heterocycles. The summed E-state index contributed by atoms with van der Waals surface area (Å²) in [6.07, 6.45) is 1.34. The van der Waals surface area contributed by atoms with Crippen molar-refractivity contribution in [2.75, 3.05) is 12.3 Å². The average Bonchev–Trinajstić information content (AvgIpc) is 3.46. The number of hydrogen-bond donors (Lipinski definition) is 2. The van der Waals surface area contributed by atoms with Crippen LogP contribution >= 0.6 is 0 Å². The Hall–Kier alpha value is -5.14. The van der Waals surface area contributed by atoms with Crippen molar-refractivity contribution >= 4 is 23.6 Å². The molecule has 4 rings (SSSR count). The van der Waals surface area contributed by atoms with E-state index in [1.165, 1.54) is 35.2 Å². The maximum absolute atomic E-state index is 12.9. The zero-order chi connectivity index (χ0) is 24.1. The van der Waals surface area contributed by atoms with E-state index in [0.29, 0.717) is 23.5 Å². The third-order valence-corrected chi connectivity index (χ3v) is 4.50. The molecule has 0 bridgehead atoms. The largest absolute Gasteiger partial charge is 0.494 e. The molecule has 3 N–H and O–H groups in total. The second kappa shape index (κ2) is 9.56. The number of nitro benzene ring substituents is 1. The first kappa shape index (κ1) is 22.1. The summed E-state index contributed by atoms with van der Waals surface area (Å²) in [4.78, 5) is 23.1. The molecule has 0 saturated carbocycles. The molecule has 0 radical (unpaired) electrons. The zero-order valence-electron chi connectivity index (χ0n) is 17.7. The van der Waals surface area contributed by atoms with Gasteiger partial charge in [0.25, 0.3) is 11.6 Å². The van der Waals surface area contributed by atoms with E-state index in [1.54, 1.807) is 24.3 Å². The summed E-state index contributed by atoms with van der Waals surface area (Å²) in [5, 5.41) is 29.9. The Labute approximate surface area is 191 Å². The highest BCUT2D eigenvalue weighted by Crippen LogP contribution is 2.28. The van der Waals surface area contributed by atoms with Crippen molar-refractivity contribution in [3.63, 3.8) is 0 Å². The molecule has 4 aromatic rings. The molecule has 0 atom stereocenters. The third-order valence-electron chi connectivity index (χ3n) is 4.50. The smallest absolute Gasteiger partial charge is 0.294 e. The number of non-ortho nitro benzene ring substituents is 1. The van der Waals surface area contributed by atoms with Crippen molar-refractivity contribution in [3.8, 4) is 22.8 Å². The summed E-state index contributed by atoms with van der Waals surface area (Å²) >= 11 is 0. The van der Waals surface area contributed by atoms with Crippen molar-refractivity contribution in [2.24, 2.45) is 5.10 Å². The minimum absolute atomic E-state index is 0.0414. The predicted molar refractivity (Wildman–Crippen MR) is 118 cm³/mol. The van der Waals surface area contributed by atoms with Crippen molar-refractivity contribution in [2.45, 2.75) is 6.92 Å². The molecule has 0 aliphatic carbocycles. The summed E-state index contributed by atoms with van der Waals surface area (Å²) in [6, 6.07) is 12.6. The van der Waals surface area contributed by atoms with Gasteiger partial charge in [-0.2, -0.15) is 9.78 Å². The maximum Gasteiger partial charge on any atom is 0.294 e. The number of hydrogen-bond acceptors (Lipinski definition) is 11. The summed E-state index contributed by atoms with van der Waals surface area (Å²) in [7, 11) is 0. The lowest BCUT2D eigenvalue weighted by molar-refractivity contribution is -0.384. The molecule has 14 nitrogen and oxygen atoms in total. The third kappa shape index (κ3) is 4.55. The lowest BCUT2D eigenvalue weighted by atomic mass is 10.1. The van der Waals surface area contributed by atoms with E-state index in [2.05, 4.69) is 35.8 Å². The number of hydrazone groups is 1. The summed E-state index contributed by atoms with van der Waals surface area (Å²) in [6.45, 7) is 2.37. The van der Waals surface area contributed by atoms with Crippen LogP contribution in [0.3, 0.4) is 0 Å². The molecule has 0 saturated heterocycles. The van der Waals surface area contributed by atoms with Gasteiger partial charge in [-0.3, -0.25) is 14.9 Å². The van der Waals surface area contributed by atoms with Crippen molar-refractivity contribution in [1.82, 2.24) is 30.7 Å². The van der Waals surface area contributed by atoms with Gasteiger partial charge in [-0.25, -0.2) is 10.1 Å². The molecule has 2 heterocycles. The van der Waals surface area contributed by atoms with Gasteiger partial charge in [0.2, 0.25) is 11.6 Å². The molecule has 172 valence electrons. The van der Waals surface area contributed by atoms with E-state index in [1.807, 2.05) is 6.92 Å². The van der Waals surface area contributed by atoms with Crippen molar-refractivity contribution in [3.05, 3.63) is 69.9 Å². The second-order valence-electron chi connectivity index (χ2n) is 6.68. The topological polar surface area (TPSA) is 189 Å². The number of nitrogens with one attached hydrogen (secondary N) is 1. The monoisotopic (exact) mass is 463 g/mol. The number of nitrogens with zero attached hydrogens (tertiary/aromatic N) is 7. The number of aromatic nitrogens is 5. The van der Waals surface area contributed by atoms with E-state index in [-0.39, 0.29) is 28.7 Å². The van der Waals surface area contributed by atoms with Gasteiger partial charge in [-0.05, 0) is 59.2 Å². The fraction of sp³-hybridized carbons (Fsp3) is 0.100. The van der Waals surface area contributed by atoms with Crippen LogP contribution < -0.4 is 15.9 Å². The number of anilines is 1. The molecule has 0 spiro atoms. The fourth-order valence-corrected chi connectivity index (χ4v) is 2.96. The first-order valence-electron chi connectivity index (χ1n) is 9.83. The van der Waals surface area contributed by atoms with Crippen LogP contribution in [0.25, 0.3) is 17.1 Å². The zero-order valence-corrected chi connectivity index (χ0v) is 17.7. The summed E-state index contributed by atoms with van der Waals surface area (Å²) in [5.41, 5.74) is 9.43. The van der Waals surface area contributed by atoms with Crippen LogP contribution in [-0.4, -0.2) is 49.0 Å². The van der Waals surface area contributed by atoms with E-state index in [9.17, 15) is 14.9 Å². The average molecular weight is 463 g/mol. The highest BCUT2D eigenvalue weighted by molar-refractivity contribution is 5.98. The van der Waals surface area contributed by atoms with Crippen molar-refractivity contribution < 1.29 is 19.1 Å². The quantitative estimate of drug-likeness (QED) is 0.222. The van der Waals surface area contributed by atoms with Gasteiger partial charge in [0.05, 0.1) is 17.7 Å². The number of carbonyl (C=O) groups is 1. The lowest BCUT2D eigenvalue weighted by Gasteiger charge is -2.07. The number of rotatable bonds is 8. The van der Waals surface area contributed by atoms with Gasteiger partial charge in [0.1, 0.15) is 11.4 Å². The van der Waals surface area contributed by atoms with Crippen LogP contribution in [0.1, 0.15) is 23.0 Å². The van der Waals surface area contributed by atoms with Gasteiger partial charge in [-0.15, -0.1) is 5.10 Å². The molecule has 0 aliphatic heterocycles. The first-order valence-corrected chi connectivity index (χ1v) is 9.83. The van der Waals surface area contributed by atoms with Crippen LogP contribution in [0.4, 0.5) is 11.5 Å². The standard InChI is InChI=1S/C20H17N9O5/c1-2-33-15-9-5-13(6-10-15)17-16(23-27-28(17)19-18(21)25-34-26-19)20(30)24-22-11-12-3-7-14(8-4-12)29(31)32/h3-11H,2H2,1H3,(H2,21,25)(H,24,30). The SMILES string of the molecule is CCOc1ccc(-c2c(C(=O)NN=Cc3ccc([N+](=O)[O-])cc3)nnn2-c2nonc2N)cc1. The molecule has 0 unspecified atom stereocenters. The number of ether oxygens (including phenoxy) is 1. The maximum atomic E-state index is 12.9. The van der Waals surface area contributed by atoms with E-state index >= 15 is 0 Å². The van der Waals surface area contributed by atoms with Crippen LogP contribution in [0.2, 0.25) is 0 Å². The molecule has 1 amide bonds. The van der Waals surface area contributed by atoms with E-state index in [4.69, 9.17) is 10.5 Å². The molecular weight excluding hydrogens is 446 g/mol. The molecule has 0 fully saturated rings. The highest BCUT2D eigenvalue weighted by atomic mass is 16.6. The number of carbonyl (C=O) groups excluding carboxylic acids is 1. The molecule has 34 heavy (non-hydrogen) atoms. The Bertz CT molecular complexity index is 1340. The van der Waals surface area contributed by atoms with E-state index < -0.39 is 10.8 Å². The fourth-order valence-electron chi connectivity index (χ4n) is 2.96. The van der Waals surface area contributed by atoms with Crippen LogP contribution in [0.5, 0.6) is 5.75 Å². The Morgan fingerprint density at radius 2 is 1.97 bits per heavy atom. The number of nitrogen functional groups attached to an aromatic ring is 1. The highest BCUT2D eigenvalue weighted by Gasteiger charge is 2.25. The molecular formula is C20H17N9O5. The number of benzene rings is 2. The van der Waals surface area contributed by atoms with Crippen LogP contribution in [-0.2, 0) is 0 Å². The Balaban J connectivity index is 1.63. The molecule has 0 aliphatic rings. The first-order chi connectivity index (χ1) is 16.5. The van der Waals surface area contributed by atoms with Gasteiger partial charge in [0.15, 0.2) is 5.69 Å². The minimum Gasteiger partial charge on any atom is -0.494 e. The lowest BCUT2D eigenvalue weighted by Crippen LogP contribution is -2.19. The van der Waals surface area contributed by atoms with Gasteiger partial charge in [-0.1, -0.05) is 5.21 Å². The second-order valence-corrected chi connectivity index (χ2v) is 6.68. The van der Waals surface area contributed by atoms with Crippen molar-refractivity contribution in [1.29, 1.82) is 0 Å². The van der Waals surface area contributed by atoms with Crippen LogP contribution in [0.15, 0.2) is 58.3 Å². The normalized spacial score (nSPS) is 11.0.